The topological polar surface area (TPSA) is 90.9 Å². The smallest absolute Gasteiger partial charge is 0.407 e. The zero-order valence-electron chi connectivity index (χ0n) is 18.1. The Bertz CT molecular complexity index is 495. The molecule has 0 aromatic rings. The van der Waals surface area contributed by atoms with Gasteiger partial charge < -0.3 is 19.5 Å². The van der Waals surface area contributed by atoms with E-state index in [2.05, 4.69) is 19.2 Å². The van der Waals surface area contributed by atoms with Gasteiger partial charge in [0.15, 0.2) is 0 Å². The summed E-state index contributed by atoms with van der Waals surface area (Å²) in [5.74, 6) is -0.455. The van der Waals surface area contributed by atoms with Crippen LogP contribution in [0.2, 0.25) is 0 Å². The van der Waals surface area contributed by atoms with E-state index < -0.39 is 11.5 Å². The molecule has 0 bridgehead atoms. The number of amides is 1. The largest absolute Gasteiger partial charge is 0.464 e. The van der Waals surface area contributed by atoms with Crippen LogP contribution in [0.1, 0.15) is 61.8 Å². The van der Waals surface area contributed by atoms with Crippen LogP contribution in [0.4, 0.5) is 4.79 Å². The molecule has 0 spiro atoms. The number of nitrogens with one attached hydrogen (secondary N) is 1. The Morgan fingerprint density at radius 1 is 0.852 bits per heavy atom. The lowest BCUT2D eigenvalue weighted by Crippen LogP contribution is -2.43. The number of rotatable bonds is 10. The fourth-order valence-electron chi connectivity index (χ4n) is 2.46. The van der Waals surface area contributed by atoms with Crippen molar-refractivity contribution in [2.75, 3.05) is 26.4 Å². The summed E-state index contributed by atoms with van der Waals surface area (Å²) in [6.07, 6.45) is 0.0681. The zero-order chi connectivity index (χ0) is 21.3. The Labute approximate surface area is 163 Å². The van der Waals surface area contributed by atoms with Crippen molar-refractivity contribution in [2.45, 2.75) is 61.8 Å². The van der Waals surface area contributed by atoms with Gasteiger partial charge in [-0.05, 0) is 24.7 Å². The molecule has 0 fully saturated rings. The first kappa shape index (κ1) is 25.2. The van der Waals surface area contributed by atoms with Crippen LogP contribution in [0.3, 0.4) is 0 Å². The predicted octanol–water partition coefficient (Wildman–Crippen LogP) is 3.55. The fourth-order valence-corrected chi connectivity index (χ4v) is 2.46. The Morgan fingerprint density at radius 2 is 1.41 bits per heavy atom. The van der Waals surface area contributed by atoms with Crippen LogP contribution in [0.5, 0.6) is 0 Å². The third-order valence-electron chi connectivity index (χ3n) is 4.56. The standard InChI is InChI=1S/C20H37NO6/c1-14(2)13-20(8,19(5,6)7)17(23)26-11-12-27-18(24)21-9-10-25-16(22)15(3)4/h14-15H,9-13H2,1-8H3,(H,21,24). The Kier molecular flexibility index (Phi) is 10.4. The first-order valence-electron chi connectivity index (χ1n) is 9.55. The maximum absolute atomic E-state index is 12.6. The summed E-state index contributed by atoms with van der Waals surface area (Å²) in [7, 11) is 0. The van der Waals surface area contributed by atoms with E-state index in [1.54, 1.807) is 13.8 Å². The highest BCUT2D eigenvalue weighted by molar-refractivity contribution is 5.77. The molecular weight excluding hydrogens is 350 g/mol. The van der Waals surface area contributed by atoms with Gasteiger partial charge in [-0.3, -0.25) is 9.59 Å². The molecule has 158 valence electrons. The third-order valence-corrected chi connectivity index (χ3v) is 4.56. The number of alkyl carbamates (subject to hydrolysis) is 1. The second-order valence-corrected chi connectivity index (χ2v) is 8.70. The van der Waals surface area contributed by atoms with Gasteiger partial charge in [0.2, 0.25) is 0 Å². The second kappa shape index (κ2) is 11.1. The fraction of sp³-hybridized carbons (Fsp3) is 0.850. The van der Waals surface area contributed by atoms with E-state index >= 15 is 0 Å². The third kappa shape index (κ3) is 9.11. The number of carbonyl (C=O) groups is 3. The number of ether oxygens (including phenoxy) is 3. The molecule has 0 saturated heterocycles. The molecule has 0 radical (unpaired) electrons. The quantitative estimate of drug-likeness (QED) is 0.350. The van der Waals surface area contributed by atoms with E-state index in [0.29, 0.717) is 12.3 Å². The lowest BCUT2D eigenvalue weighted by molar-refractivity contribution is -0.164. The summed E-state index contributed by atoms with van der Waals surface area (Å²) in [5, 5.41) is 2.47. The first-order valence-corrected chi connectivity index (χ1v) is 9.55. The van der Waals surface area contributed by atoms with E-state index in [9.17, 15) is 14.4 Å². The summed E-state index contributed by atoms with van der Waals surface area (Å²) in [6, 6.07) is 0. The zero-order valence-corrected chi connectivity index (χ0v) is 18.1. The minimum absolute atomic E-state index is 0.00163. The van der Waals surface area contributed by atoms with Crippen molar-refractivity contribution in [3.8, 4) is 0 Å². The molecule has 27 heavy (non-hydrogen) atoms. The molecule has 0 heterocycles. The Morgan fingerprint density at radius 3 is 1.89 bits per heavy atom. The van der Waals surface area contributed by atoms with Gasteiger partial charge in [-0.25, -0.2) is 4.79 Å². The molecule has 0 aromatic heterocycles. The summed E-state index contributed by atoms with van der Waals surface area (Å²) < 4.78 is 15.2. The van der Waals surface area contributed by atoms with Gasteiger partial charge in [-0.1, -0.05) is 48.5 Å². The highest BCUT2D eigenvalue weighted by atomic mass is 16.6. The number of carbonyl (C=O) groups excluding carboxylic acids is 3. The van der Waals surface area contributed by atoms with E-state index in [-0.39, 0.29) is 49.6 Å². The van der Waals surface area contributed by atoms with Crippen LogP contribution < -0.4 is 5.32 Å². The van der Waals surface area contributed by atoms with Crippen molar-refractivity contribution < 1.29 is 28.6 Å². The molecule has 0 aliphatic rings. The predicted molar refractivity (Wildman–Crippen MR) is 103 cm³/mol. The van der Waals surface area contributed by atoms with E-state index in [4.69, 9.17) is 14.2 Å². The molecule has 1 atom stereocenters. The van der Waals surface area contributed by atoms with Gasteiger partial charge in [-0.15, -0.1) is 0 Å². The van der Waals surface area contributed by atoms with E-state index in [0.717, 1.165) is 0 Å². The minimum Gasteiger partial charge on any atom is -0.464 e. The maximum atomic E-state index is 12.6. The average Bonchev–Trinajstić information content (AvgIpc) is 2.53. The molecule has 0 aromatic carbocycles. The minimum atomic E-state index is -0.646. The van der Waals surface area contributed by atoms with Crippen molar-refractivity contribution in [3.05, 3.63) is 0 Å². The lowest BCUT2D eigenvalue weighted by atomic mass is 9.64. The van der Waals surface area contributed by atoms with Crippen LogP contribution in [0, 0.1) is 22.7 Å². The maximum Gasteiger partial charge on any atom is 0.407 e. The van der Waals surface area contributed by atoms with Crippen LogP contribution >= 0.6 is 0 Å². The molecule has 1 unspecified atom stereocenters. The van der Waals surface area contributed by atoms with E-state index in [1.807, 2.05) is 27.7 Å². The van der Waals surface area contributed by atoms with Crippen molar-refractivity contribution >= 4 is 18.0 Å². The average molecular weight is 388 g/mol. The number of hydrogen-bond acceptors (Lipinski definition) is 6. The van der Waals surface area contributed by atoms with Crippen molar-refractivity contribution in [2.24, 2.45) is 22.7 Å². The number of hydrogen-bond donors (Lipinski definition) is 1. The summed E-state index contributed by atoms with van der Waals surface area (Å²) in [5.41, 5.74) is -0.871. The molecule has 7 heteroatoms. The molecule has 1 amide bonds. The van der Waals surface area contributed by atoms with Crippen molar-refractivity contribution in [1.82, 2.24) is 5.32 Å². The Balaban J connectivity index is 4.19. The van der Waals surface area contributed by atoms with Gasteiger partial charge >= 0.3 is 18.0 Å². The monoisotopic (exact) mass is 387 g/mol. The molecule has 0 aliphatic carbocycles. The highest BCUT2D eigenvalue weighted by Gasteiger charge is 2.45. The summed E-state index contributed by atoms with van der Waals surface area (Å²) in [6.45, 7) is 15.8. The number of esters is 2. The molecule has 0 aliphatic heterocycles. The first-order chi connectivity index (χ1) is 12.3. The van der Waals surface area contributed by atoms with Crippen molar-refractivity contribution in [3.63, 3.8) is 0 Å². The Hall–Kier alpha value is -1.79. The molecule has 7 nitrogen and oxygen atoms in total. The highest BCUT2D eigenvalue weighted by Crippen LogP contribution is 2.44. The van der Waals surface area contributed by atoms with Crippen LogP contribution in [-0.4, -0.2) is 44.4 Å². The van der Waals surface area contributed by atoms with Crippen LogP contribution in [0.15, 0.2) is 0 Å². The van der Waals surface area contributed by atoms with Gasteiger partial charge in [-0.2, -0.15) is 0 Å². The van der Waals surface area contributed by atoms with Gasteiger partial charge in [0.1, 0.15) is 19.8 Å². The molecule has 0 saturated carbocycles. The van der Waals surface area contributed by atoms with E-state index in [1.165, 1.54) is 0 Å². The molecular formula is C20H37NO6. The SMILES string of the molecule is CC(C)CC(C)(C(=O)OCCOC(=O)NCCOC(=O)C(C)C)C(C)(C)C. The second-order valence-electron chi connectivity index (χ2n) is 8.70. The van der Waals surface area contributed by atoms with Gasteiger partial charge in [0.25, 0.3) is 0 Å². The van der Waals surface area contributed by atoms with Gasteiger partial charge in [0, 0.05) is 0 Å². The van der Waals surface area contributed by atoms with Crippen LogP contribution in [0.25, 0.3) is 0 Å². The lowest BCUT2D eigenvalue weighted by Gasteiger charge is -2.40. The summed E-state index contributed by atoms with van der Waals surface area (Å²) >= 11 is 0. The van der Waals surface area contributed by atoms with Crippen molar-refractivity contribution in [1.29, 1.82) is 0 Å². The van der Waals surface area contributed by atoms with Gasteiger partial charge in [0.05, 0.1) is 17.9 Å². The van der Waals surface area contributed by atoms with Crippen LogP contribution in [-0.2, 0) is 23.8 Å². The molecule has 1 N–H and O–H groups in total. The summed E-state index contributed by atoms with van der Waals surface area (Å²) in [4.78, 5) is 35.4. The molecule has 0 rings (SSSR count). The normalized spacial score (nSPS) is 13.9.